The van der Waals surface area contributed by atoms with E-state index < -0.39 is 18.2 Å². The first-order chi connectivity index (χ1) is 10.5. The normalized spacial score (nSPS) is 22.1. The summed E-state index contributed by atoms with van der Waals surface area (Å²) in [6.45, 7) is 2.11. The van der Waals surface area contributed by atoms with Crippen molar-refractivity contribution in [1.29, 1.82) is 0 Å². The average Bonchev–Trinajstić information content (AvgIpc) is 2.95. The molecule has 22 heavy (non-hydrogen) atoms. The van der Waals surface area contributed by atoms with Crippen molar-refractivity contribution < 1.29 is 24.2 Å². The first-order valence-electron chi connectivity index (χ1n) is 7.04. The molecule has 2 rings (SSSR count). The van der Waals surface area contributed by atoms with E-state index in [-0.39, 0.29) is 12.0 Å². The minimum absolute atomic E-state index is 0.251. The highest BCUT2D eigenvalue weighted by molar-refractivity contribution is 6.30. The van der Waals surface area contributed by atoms with E-state index in [1.165, 1.54) is 0 Å². The number of ether oxygens (including phenoxy) is 2. The molecule has 1 fully saturated rings. The van der Waals surface area contributed by atoms with Crippen LogP contribution in [-0.2, 0) is 14.3 Å². The minimum Gasteiger partial charge on any atom is -0.489 e. The third kappa shape index (κ3) is 4.61. The summed E-state index contributed by atoms with van der Waals surface area (Å²) in [6.07, 6.45) is -1.09. The van der Waals surface area contributed by atoms with Crippen molar-refractivity contribution in [1.82, 2.24) is 5.32 Å². The Morgan fingerprint density at radius 3 is 2.82 bits per heavy atom. The number of halogens is 1. The highest BCUT2D eigenvalue weighted by Crippen LogP contribution is 2.20. The van der Waals surface area contributed by atoms with Gasteiger partial charge in [0, 0.05) is 5.02 Å². The number of hydrogen-bond donors (Lipinski definition) is 2. The van der Waals surface area contributed by atoms with E-state index in [1.807, 2.05) is 6.92 Å². The van der Waals surface area contributed by atoms with Crippen LogP contribution >= 0.6 is 11.6 Å². The van der Waals surface area contributed by atoms with E-state index >= 15 is 0 Å². The van der Waals surface area contributed by atoms with Crippen LogP contribution in [-0.4, -0.2) is 41.8 Å². The Kier molecular flexibility index (Phi) is 5.63. The van der Waals surface area contributed by atoms with Crippen LogP contribution in [0.4, 0.5) is 0 Å². The fourth-order valence-electron chi connectivity index (χ4n) is 2.18. The van der Waals surface area contributed by atoms with Gasteiger partial charge in [0.25, 0.3) is 0 Å². The largest absolute Gasteiger partial charge is 0.489 e. The Bertz CT molecular complexity index is 550. The van der Waals surface area contributed by atoms with Gasteiger partial charge in [-0.2, -0.15) is 0 Å². The molecule has 1 heterocycles. The molecule has 1 aliphatic heterocycles. The van der Waals surface area contributed by atoms with Crippen molar-refractivity contribution >= 4 is 23.5 Å². The minimum atomic E-state index is -1.03. The summed E-state index contributed by atoms with van der Waals surface area (Å²) >= 11 is 5.87. The van der Waals surface area contributed by atoms with E-state index in [1.54, 1.807) is 24.3 Å². The summed E-state index contributed by atoms with van der Waals surface area (Å²) in [6, 6.07) is 7.00. The van der Waals surface area contributed by atoms with Crippen molar-refractivity contribution in [3.8, 4) is 5.75 Å². The molecule has 3 unspecified atom stereocenters. The van der Waals surface area contributed by atoms with Gasteiger partial charge in [-0.25, -0.2) is 4.79 Å². The van der Waals surface area contributed by atoms with Gasteiger partial charge in [-0.1, -0.05) is 17.7 Å². The third-order valence-electron chi connectivity index (χ3n) is 3.28. The number of carboxylic acid groups (broad SMARTS) is 1. The molecule has 0 radical (unpaired) electrons. The highest BCUT2D eigenvalue weighted by Gasteiger charge is 2.34. The van der Waals surface area contributed by atoms with Crippen molar-refractivity contribution in [3.05, 3.63) is 29.3 Å². The van der Waals surface area contributed by atoms with E-state index in [2.05, 4.69) is 5.32 Å². The lowest BCUT2D eigenvalue weighted by Crippen LogP contribution is -2.40. The monoisotopic (exact) mass is 327 g/mol. The molecule has 6 nitrogen and oxygen atoms in total. The van der Waals surface area contributed by atoms with Gasteiger partial charge in [0.1, 0.15) is 18.0 Å². The van der Waals surface area contributed by atoms with E-state index in [0.717, 1.165) is 0 Å². The second-order valence-electron chi connectivity index (χ2n) is 5.16. The van der Waals surface area contributed by atoms with Gasteiger partial charge < -0.3 is 19.9 Å². The molecular weight excluding hydrogens is 310 g/mol. The first-order valence-corrected chi connectivity index (χ1v) is 7.41. The lowest BCUT2D eigenvalue weighted by Gasteiger charge is -2.17. The van der Waals surface area contributed by atoms with Crippen LogP contribution < -0.4 is 10.1 Å². The number of nitrogens with one attached hydrogen (secondary N) is 1. The van der Waals surface area contributed by atoms with Crippen LogP contribution in [0.5, 0.6) is 5.75 Å². The molecule has 1 aliphatic rings. The Hall–Kier alpha value is -1.79. The molecule has 3 atom stereocenters. The number of aliphatic carboxylic acids is 1. The average molecular weight is 328 g/mol. The first kappa shape index (κ1) is 16.6. The predicted octanol–water partition coefficient (Wildman–Crippen LogP) is 1.86. The molecule has 2 N–H and O–H groups in total. The summed E-state index contributed by atoms with van der Waals surface area (Å²) in [5, 5.41) is 12.1. The smallest absolute Gasteiger partial charge is 0.332 e. The number of rotatable bonds is 6. The second-order valence-corrected chi connectivity index (χ2v) is 5.60. The summed E-state index contributed by atoms with van der Waals surface area (Å²) in [5.74, 6) is -0.726. The van der Waals surface area contributed by atoms with E-state index in [9.17, 15) is 9.59 Å². The second kappa shape index (κ2) is 7.47. The van der Waals surface area contributed by atoms with Crippen molar-refractivity contribution in [2.75, 3.05) is 6.54 Å². The molecule has 1 aromatic rings. The molecule has 1 amide bonds. The number of carbonyl (C=O) groups is 2. The Balaban J connectivity index is 1.75. The Labute approximate surface area is 133 Å². The molecule has 0 spiro atoms. The Morgan fingerprint density at radius 2 is 2.18 bits per heavy atom. The molecule has 1 aromatic carbocycles. The number of carbonyl (C=O) groups excluding carboxylic acids is 1. The van der Waals surface area contributed by atoms with Crippen molar-refractivity contribution in [2.24, 2.45) is 0 Å². The van der Waals surface area contributed by atoms with Crippen LogP contribution in [0.25, 0.3) is 0 Å². The standard InChI is InChI=1S/C15H18ClNO5/c1-9(21-11-4-2-3-10(16)7-11)8-17-14(18)12-5-6-13(22-12)15(19)20/h2-4,7,9,12-13H,5-6,8H2,1H3,(H,17,18)(H,19,20). The predicted molar refractivity (Wildman–Crippen MR) is 80.1 cm³/mol. The van der Waals surface area contributed by atoms with E-state index in [0.29, 0.717) is 30.2 Å². The molecular formula is C15H18ClNO5. The molecule has 0 aromatic heterocycles. The Morgan fingerprint density at radius 1 is 1.45 bits per heavy atom. The molecule has 120 valence electrons. The number of benzene rings is 1. The number of carboxylic acids is 1. The molecule has 1 saturated heterocycles. The van der Waals surface area contributed by atoms with Gasteiger partial charge in [0.2, 0.25) is 5.91 Å². The molecule has 0 saturated carbocycles. The zero-order valence-electron chi connectivity index (χ0n) is 12.1. The summed E-state index contributed by atoms with van der Waals surface area (Å²) in [7, 11) is 0. The van der Waals surface area contributed by atoms with E-state index in [4.69, 9.17) is 26.2 Å². The zero-order valence-corrected chi connectivity index (χ0v) is 12.9. The van der Waals surface area contributed by atoms with Crippen LogP contribution in [0.3, 0.4) is 0 Å². The SMILES string of the molecule is CC(CNC(=O)C1CCC(C(=O)O)O1)Oc1cccc(Cl)c1. The van der Waals surface area contributed by atoms with Gasteiger partial charge in [-0.15, -0.1) is 0 Å². The number of hydrogen-bond acceptors (Lipinski definition) is 4. The fraction of sp³-hybridized carbons (Fsp3) is 0.467. The summed E-state index contributed by atoms with van der Waals surface area (Å²) < 4.78 is 10.8. The van der Waals surface area contributed by atoms with Gasteiger partial charge in [-0.05, 0) is 38.0 Å². The lowest BCUT2D eigenvalue weighted by molar-refractivity contribution is -0.151. The maximum atomic E-state index is 11.9. The van der Waals surface area contributed by atoms with Crippen molar-refractivity contribution in [3.63, 3.8) is 0 Å². The van der Waals surface area contributed by atoms with Gasteiger partial charge in [0.05, 0.1) is 6.54 Å². The maximum absolute atomic E-state index is 11.9. The lowest BCUT2D eigenvalue weighted by atomic mass is 10.2. The molecule has 7 heteroatoms. The van der Waals surface area contributed by atoms with Crippen LogP contribution in [0.2, 0.25) is 5.02 Å². The van der Waals surface area contributed by atoms with Crippen LogP contribution in [0, 0.1) is 0 Å². The summed E-state index contributed by atoms with van der Waals surface area (Å²) in [4.78, 5) is 22.7. The maximum Gasteiger partial charge on any atom is 0.332 e. The third-order valence-corrected chi connectivity index (χ3v) is 3.52. The van der Waals surface area contributed by atoms with Crippen LogP contribution in [0.1, 0.15) is 19.8 Å². The zero-order chi connectivity index (χ0) is 16.1. The molecule has 0 bridgehead atoms. The highest BCUT2D eigenvalue weighted by atomic mass is 35.5. The number of amides is 1. The van der Waals surface area contributed by atoms with Crippen molar-refractivity contribution in [2.45, 2.75) is 38.1 Å². The molecule has 0 aliphatic carbocycles. The van der Waals surface area contributed by atoms with Gasteiger partial charge in [0.15, 0.2) is 6.10 Å². The summed E-state index contributed by atoms with van der Waals surface area (Å²) in [5.41, 5.74) is 0. The quantitative estimate of drug-likeness (QED) is 0.833. The fourth-order valence-corrected chi connectivity index (χ4v) is 2.36. The van der Waals surface area contributed by atoms with Crippen LogP contribution in [0.15, 0.2) is 24.3 Å². The topological polar surface area (TPSA) is 84.9 Å². The van der Waals surface area contributed by atoms with Gasteiger partial charge in [-0.3, -0.25) is 4.79 Å². The van der Waals surface area contributed by atoms with Gasteiger partial charge >= 0.3 is 5.97 Å².